The highest BCUT2D eigenvalue weighted by molar-refractivity contribution is 5.49. The van der Waals surface area contributed by atoms with Gasteiger partial charge in [-0.1, -0.05) is 12.1 Å². The highest BCUT2D eigenvalue weighted by Gasteiger charge is 2.17. The zero-order valence-electron chi connectivity index (χ0n) is 11.6. The first-order valence-corrected chi connectivity index (χ1v) is 6.33. The van der Waals surface area contributed by atoms with Crippen LogP contribution in [0.15, 0.2) is 27.8 Å². The van der Waals surface area contributed by atoms with Gasteiger partial charge in [0.15, 0.2) is 11.5 Å². The van der Waals surface area contributed by atoms with Crippen LogP contribution in [0.5, 0.6) is 11.5 Å². The zero-order chi connectivity index (χ0) is 15.0. The first-order chi connectivity index (χ1) is 10.1. The van der Waals surface area contributed by atoms with E-state index in [2.05, 4.69) is 10.4 Å². The Balaban J connectivity index is 1.88. The van der Waals surface area contributed by atoms with E-state index in [4.69, 9.17) is 9.47 Å². The number of rotatable bonds is 3. The van der Waals surface area contributed by atoms with E-state index in [1.54, 1.807) is 0 Å². The summed E-state index contributed by atoms with van der Waals surface area (Å²) in [7, 11) is 2.90. The molecule has 1 aliphatic rings. The summed E-state index contributed by atoms with van der Waals surface area (Å²) >= 11 is 0. The number of nitrogens with one attached hydrogen (secondary N) is 1. The summed E-state index contributed by atoms with van der Waals surface area (Å²) in [6.07, 6.45) is 0. The van der Waals surface area contributed by atoms with Crippen molar-refractivity contribution in [1.82, 2.24) is 14.3 Å². The van der Waals surface area contributed by atoms with Gasteiger partial charge < -0.3 is 14.8 Å². The minimum absolute atomic E-state index is 0.108. The van der Waals surface area contributed by atoms with E-state index in [1.807, 2.05) is 18.2 Å². The second kappa shape index (κ2) is 4.97. The highest BCUT2D eigenvalue weighted by Crippen LogP contribution is 2.35. The number of aryl methyl sites for hydroxylation is 1. The first-order valence-electron chi connectivity index (χ1n) is 6.33. The van der Waals surface area contributed by atoms with Crippen molar-refractivity contribution in [3.63, 3.8) is 0 Å². The molecule has 1 N–H and O–H groups in total. The van der Waals surface area contributed by atoms with Gasteiger partial charge in [-0.3, -0.25) is 9.36 Å². The number of benzene rings is 1. The van der Waals surface area contributed by atoms with Crippen LogP contribution in [-0.4, -0.2) is 21.1 Å². The van der Waals surface area contributed by atoms with Crippen LogP contribution in [0.2, 0.25) is 0 Å². The maximum atomic E-state index is 12.0. The van der Waals surface area contributed by atoms with E-state index in [1.165, 1.54) is 14.1 Å². The van der Waals surface area contributed by atoms with Gasteiger partial charge in [0, 0.05) is 26.2 Å². The molecule has 0 atom stereocenters. The maximum Gasteiger partial charge on any atom is 0.346 e. The number of ether oxygens (including phenoxy) is 2. The van der Waals surface area contributed by atoms with Gasteiger partial charge in [0.25, 0.3) is 5.56 Å². The molecular formula is C13H14N4O4. The standard InChI is InChI=1S/C13H14N4O4/c1-16-12(18)11(15-17(2)13(16)19)14-6-8-4-3-5-9-10(8)21-7-20-9/h3-5H,6-7H2,1-2H3,(H,14,15). The molecule has 110 valence electrons. The zero-order valence-corrected chi connectivity index (χ0v) is 11.6. The quantitative estimate of drug-likeness (QED) is 0.843. The molecule has 21 heavy (non-hydrogen) atoms. The number of aromatic nitrogens is 3. The third-order valence-electron chi connectivity index (χ3n) is 3.25. The average Bonchev–Trinajstić information content (AvgIpc) is 2.96. The highest BCUT2D eigenvalue weighted by atomic mass is 16.7. The van der Waals surface area contributed by atoms with E-state index in [0.717, 1.165) is 14.8 Å². The Morgan fingerprint density at radius 3 is 2.90 bits per heavy atom. The fourth-order valence-corrected chi connectivity index (χ4v) is 2.12. The molecule has 8 heteroatoms. The number of hydrogen-bond acceptors (Lipinski definition) is 6. The number of hydrogen-bond donors (Lipinski definition) is 1. The van der Waals surface area contributed by atoms with Crippen LogP contribution in [0, 0.1) is 0 Å². The molecule has 0 spiro atoms. The second-order valence-corrected chi connectivity index (χ2v) is 4.62. The van der Waals surface area contributed by atoms with Crippen molar-refractivity contribution in [3.8, 4) is 11.5 Å². The fourth-order valence-electron chi connectivity index (χ4n) is 2.12. The minimum atomic E-state index is -0.470. The molecule has 0 amide bonds. The number of nitrogens with zero attached hydrogens (tertiary/aromatic N) is 3. The fraction of sp³-hybridized carbons (Fsp3) is 0.308. The normalized spacial score (nSPS) is 12.5. The molecule has 2 heterocycles. The molecule has 0 bridgehead atoms. The smallest absolute Gasteiger partial charge is 0.346 e. The summed E-state index contributed by atoms with van der Waals surface area (Å²) in [5.74, 6) is 1.44. The number of para-hydroxylation sites is 1. The van der Waals surface area contributed by atoms with Crippen molar-refractivity contribution in [3.05, 3.63) is 44.6 Å². The van der Waals surface area contributed by atoms with Gasteiger partial charge in [0.1, 0.15) is 0 Å². The predicted octanol–water partition coefficient (Wildman–Crippen LogP) is -0.180. The van der Waals surface area contributed by atoms with Gasteiger partial charge in [0.05, 0.1) is 0 Å². The summed E-state index contributed by atoms with van der Waals surface area (Å²) in [4.78, 5) is 23.5. The molecule has 0 unspecified atom stereocenters. The van der Waals surface area contributed by atoms with E-state index in [0.29, 0.717) is 18.0 Å². The van der Waals surface area contributed by atoms with Gasteiger partial charge in [-0.2, -0.15) is 0 Å². The Bertz CT molecular complexity index is 809. The lowest BCUT2D eigenvalue weighted by molar-refractivity contribution is 0.173. The van der Waals surface area contributed by atoms with Crippen LogP contribution in [0.1, 0.15) is 5.56 Å². The van der Waals surface area contributed by atoms with Crippen LogP contribution >= 0.6 is 0 Å². The van der Waals surface area contributed by atoms with E-state index >= 15 is 0 Å². The van der Waals surface area contributed by atoms with Crippen molar-refractivity contribution in [2.45, 2.75) is 6.54 Å². The SMILES string of the molecule is Cn1nc(NCc2cccc3c2OCO3)c(=O)n(C)c1=O. The molecule has 0 radical (unpaired) electrons. The molecule has 2 aromatic rings. The van der Waals surface area contributed by atoms with Gasteiger partial charge >= 0.3 is 5.69 Å². The molecule has 3 rings (SSSR count). The van der Waals surface area contributed by atoms with Crippen LogP contribution in [-0.2, 0) is 20.6 Å². The Morgan fingerprint density at radius 1 is 1.29 bits per heavy atom. The summed E-state index contributed by atoms with van der Waals surface area (Å²) < 4.78 is 12.8. The van der Waals surface area contributed by atoms with Crippen molar-refractivity contribution >= 4 is 5.82 Å². The lowest BCUT2D eigenvalue weighted by Crippen LogP contribution is -2.39. The maximum absolute atomic E-state index is 12.0. The van der Waals surface area contributed by atoms with Crippen molar-refractivity contribution in [1.29, 1.82) is 0 Å². The van der Waals surface area contributed by atoms with E-state index in [-0.39, 0.29) is 12.6 Å². The van der Waals surface area contributed by atoms with Crippen molar-refractivity contribution < 1.29 is 9.47 Å². The summed E-state index contributed by atoms with van der Waals surface area (Å²) in [5, 5.41) is 6.86. The number of anilines is 1. The Hall–Kier alpha value is -2.77. The van der Waals surface area contributed by atoms with Crippen LogP contribution < -0.4 is 26.0 Å². The molecule has 0 aliphatic carbocycles. The minimum Gasteiger partial charge on any atom is -0.454 e. The number of fused-ring (bicyclic) bond motifs is 1. The topological polar surface area (TPSA) is 87.4 Å². The lowest BCUT2D eigenvalue weighted by atomic mass is 10.2. The molecule has 0 fully saturated rings. The van der Waals surface area contributed by atoms with Gasteiger partial charge in [-0.25, -0.2) is 9.48 Å². The molecule has 0 saturated heterocycles. The third-order valence-corrected chi connectivity index (χ3v) is 3.25. The largest absolute Gasteiger partial charge is 0.454 e. The monoisotopic (exact) mass is 290 g/mol. The van der Waals surface area contributed by atoms with Crippen molar-refractivity contribution in [2.75, 3.05) is 12.1 Å². The summed E-state index contributed by atoms with van der Waals surface area (Å²) in [5.41, 5.74) is -0.0894. The third kappa shape index (κ3) is 2.24. The van der Waals surface area contributed by atoms with Gasteiger partial charge in [0.2, 0.25) is 12.6 Å². The molecule has 8 nitrogen and oxygen atoms in total. The van der Waals surface area contributed by atoms with Gasteiger partial charge in [-0.15, -0.1) is 5.10 Å². The van der Waals surface area contributed by atoms with E-state index in [9.17, 15) is 9.59 Å². The average molecular weight is 290 g/mol. The molecule has 1 aromatic carbocycles. The van der Waals surface area contributed by atoms with Crippen molar-refractivity contribution in [2.24, 2.45) is 14.1 Å². The summed E-state index contributed by atoms with van der Waals surface area (Å²) in [6, 6.07) is 5.53. The van der Waals surface area contributed by atoms with E-state index < -0.39 is 11.2 Å². The van der Waals surface area contributed by atoms with Crippen LogP contribution in [0.4, 0.5) is 5.82 Å². The Labute approximate surface area is 119 Å². The van der Waals surface area contributed by atoms with Gasteiger partial charge in [-0.05, 0) is 6.07 Å². The second-order valence-electron chi connectivity index (χ2n) is 4.62. The van der Waals surface area contributed by atoms with Crippen LogP contribution in [0.3, 0.4) is 0 Å². The Morgan fingerprint density at radius 2 is 2.10 bits per heavy atom. The first kappa shape index (κ1) is 13.2. The molecular weight excluding hydrogens is 276 g/mol. The molecule has 0 saturated carbocycles. The Kier molecular flexibility index (Phi) is 3.13. The molecule has 1 aliphatic heterocycles. The summed E-state index contributed by atoms with van der Waals surface area (Å²) in [6.45, 7) is 0.527. The predicted molar refractivity (Wildman–Crippen MR) is 74.6 cm³/mol. The van der Waals surface area contributed by atoms with Crippen LogP contribution in [0.25, 0.3) is 0 Å². The molecule has 1 aromatic heterocycles. The lowest BCUT2D eigenvalue weighted by Gasteiger charge is -2.09.